The molecule has 0 unspecified atom stereocenters. The van der Waals surface area contributed by atoms with Gasteiger partial charge >= 0.3 is 0 Å². The Morgan fingerprint density at radius 3 is 2.27 bits per heavy atom. The molecule has 26 heavy (non-hydrogen) atoms. The highest BCUT2D eigenvalue weighted by molar-refractivity contribution is 5.95. The van der Waals surface area contributed by atoms with Crippen LogP contribution in [0.4, 0.5) is 17.3 Å². The molecular formula is C19H28N6O. The molecule has 0 spiro atoms. The van der Waals surface area contributed by atoms with Gasteiger partial charge in [0.2, 0.25) is 0 Å². The van der Waals surface area contributed by atoms with E-state index in [1.807, 2.05) is 18.2 Å². The third-order valence-electron chi connectivity index (χ3n) is 3.66. The van der Waals surface area contributed by atoms with Crippen molar-refractivity contribution >= 4 is 23.2 Å². The Bertz CT molecular complexity index is 707. The average Bonchev–Trinajstić information content (AvgIpc) is 2.60. The maximum absolute atomic E-state index is 12.2. The van der Waals surface area contributed by atoms with Crippen LogP contribution >= 0.6 is 0 Å². The third-order valence-corrected chi connectivity index (χ3v) is 3.66. The quantitative estimate of drug-likeness (QED) is 0.629. The van der Waals surface area contributed by atoms with Crippen LogP contribution in [0, 0.1) is 11.8 Å². The fourth-order valence-corrected chi connectivity index (χ4v) is 2.64. The summed E-state index contributed by atoms with van der Waals surface area (Å²) >= 11 is 0. The molecule has 0 fully saturated rings. The number of carbonyl (C=O) groups is 1. The van der Waals surface area contributed by atoms with E-state index in [1.165, 1.54) is 6.33 Å². The average molecular weight is 356 g/mol. The van der Waals surface area contributed by atoms with Gasteiger partial charge in [0, 0.05) is 18.7 Å². The number of aromatic nitrogens is 2. The highest BCUT2D eigenvalue weighted by Crippen LogP contribution is 2.27. The number of nitrogen functional groups attached to an aromatic ring is 1. The zero-order valence-corrected chi connectivity index (χ0v) is 15.9. The van der Waals surface area contributed by atoms with Crippen LogP contribution in [0.15, 0.2) is 36.7 Å². The Balaban J connectivity index is 2.15. The fourth-order valence-electron chi connectivity index (χ4n) is 2.64. The zero-order valence-electron chi connectivity index (χ0n) is 15.9. The molecule has 7 heteroatoms. The number of nitrogens with two attached hydrogens (primary N) is 1. The van der Waals surface area contributed by atoms with Crippen molar-refractivity contribution in [1.29, 1.82) is 0 Å². The maximum Gasteiger partial charge on any atom is 0.269 e. The van der Waals surface area contributed by atoms with Crippen LogP contribution in [0.1, 0.15) is 38.1 Å². The van der Waals surface area contributed by atoms with E-state index < -0.39 is 0 Å². The van der Waals surface area contributed by atoms with Gasteiger partial charge in [-0.25, -0.2) is 9.97 Å². The highest BCUT2D eigenvalue weighted by Gasteiger charge is 2.18. The molecule has 0 saturated heterocycles. The summed E-state index contributed by atoms with van der Waals surface area (Å²) in [7, 11) is 0. The van der Waals surface area contributed by atoms with Crippen molar-refractivity contribution in [2.75, 3.05) is 29.1 Å². The minimum atomic E-state index is -0.258. The number of carbonyl (C=O) groups excluding carboxylic acids is 1. The molecule has 0 atom stereocenters. The predicted molar refractivity (Wildman–Crippen MR) is 106 cm³/mol. The molecule has 0 bridgehead atoms. The third kappa shape index (κ3) is 5.34. The second-order valence-corrected chi connectivity index (χ2v) is 7.10. The summed E-state index contributed by atoms with van der Waals surface area (Å²) in [5, 5.41) is 0. The molecule has 0 aliphatic carbocycles. The number of rotatable bonds is 8. The van der Waals surface area contributed by atoms with Crippen LogP contribution in [-0.2, 0) is 0 Å². The summed E-state index contributed by atoms with van der Waals surface area (Å²) in [6.07, 6.45) is 1.45. The number of nitrogens with one attached hydrogen (secondary N) is 2. The van der Waals surface area contributed by atoms with Gasteiger partial charge in [-0.2, -0.15) is 0 Å². The van der Waals surface area contributed by atoms with Gasteiger partial charge in [0.15, 0.2) is 11.6 Å². The van der Waals surface area contributed by atoms with Gasteiger partial charge in [0.1, 0.15) is 12.0 Å². The molecule has 2 rings (SSSR count). The smallest absolute Gasteiger partial charge is 0.269 e. The SMILES string of the molecule is CC(C)CN(CC(C)C)c1ncnc(NNC(=O)c2ccccc2)c1N. The first kappa shape index (κ1) is 19.5. The van der Waals surface area contributed by atoms with Gasteiger partial charge in [-0.15, -0.1) is 0 Å². The van der Waals surface area contributed by atoms with E-state index in [-0.39, 0.29) is 5.91 Å². The molecular weight excluding hydrogens is 328 g/mol. The van der Waals surface area contributed by atoms with Gasteiger partial charge in [-0.05, 0) is 24.0 Å². The minimum Gasteiger partial charge on any atom is -0.393 e. The lowest BCUT2D eigenvalue weighted by atomic mass is 10.1. The van der Waals surface area contributed by atoms with Crippen molar-refractivity contribution in [3.63, 3.8) is 0 Å². The number of anilines is 3. The molecule has 1 aromatic carbocycles. The molecule has 1 aromatic heterocycles. The van der Waals surface area contributed by atoms with Crippen molar-refractivity contribution in [3.8, 4) is 0 Å². The summed E-state index contributed by atoms with van der Waals surface area (Å²) in [4.78, 5) is 22.9. The lowest BCUT2D eigenvalue weighted by Crippen LogP contribution is -2.34. The first-order chi connectivity index (χ1) is 12.4. The molecule has 1 amide bonds. The number of hydrogen-bond donors (Lipinski definition) is 3. The monoisotopic (exact) mass is 356 g/mol. The molecule has 0 aliphatic heterocycles. The predicted octanol–water partition coefficient (Wildman–Crippen LogP) is 2.93. The van der Waals surface area contributed by atoms with E-state index in [0.717, 1.165) is 13.1 Å². The molecule has 4 N–H and O–H groups in total. The first-order valence-corrected chi connectivity index (χ1v) is 8.85. The van der Waals surface area contributed by atoms with E-state index in [9.17, 15) is 4.79 Å². The Hall–Kier alpha value is -2.83. The van der Waals surface area contributed by atoms with E-state index in [1.54, 1.807) is 12.1 Å². The molecule has 140 valence electrons. The van der Waals surface area contributed by atoms with E-state index in [2.05, 4.69) is 53.4 Å². The lowest BCUT2D eigenvalue weighted by molar-refractivity contribution is 0.0962. The minimum absolute atomic E-state index is 0.258. The summed E-state index contributed by atoms with van der Waals surface area (Å²) in [6.45, 7) is 10.3. The van der Waals surface area contributed by atoms with E-state index >= 15 is 0 Å². The molecule has 1 heterocycles. The fraction of sp³-hybridized carbons (Fsp3) is 0.421. The number of nitrogens with zero attached hydrogens (tertiary/aromatic N) is 3. The second kappa shape index (κ2) is 9.03. The molecule has 2 aromatic rings. The summed E-state index contributed by atoms with van der Waals surface area (Å²) in [5.41, 5.74) is 12.7. The Labute approximate surface area is 155 Å². The first-order valence-electron chi connectivity index (χ1n) is 8.85. The van der Waals surface area contributed by atoms with Gasteiger partial charge in [-0.1, -0.05) is 45.9 Å². The largest absolute Gasteiger partial charge is 0.393 e. The van der Waals surface area contributed by atoms with Crippen molar-refractivity contribution in [2.24, 2.45) is 11.8 Å². The van der Waals surface area contributed by atoms with Crippen LogP contribution in [0.3, 0.4) is 0 Å². The van der Waals surface area contributed by atoms with Gasteiger partial charge in [0.25, 0.3) is 5.91 Å². The van der Waals surface area contributed by atoms with E-state index in [0.29, 0.717) is 34.7 Å². The van der Waals surface area contributed by atoms with Gasteiger partial charge < -0.3 is 10.6 Å². The van der Waals surface area contributed by atoms with Crippen LogP contribution in [0.5, 0.6) is 0 Å². The maximum atomic E-state index is 12.2. The molecule has 7 nitrogen and oxygen atoms in total. The standard InChI is InChI=1S/C19H28N6O/c1-13(2)10-25(11-14(3)4)18-16(20)17(21-12-22-18)23-24-19(26)15-8-6-5-7-9-15/h5-9,12-14H,10-11,20H2,1-4H3,(H,24,26)(H,21,22,23). The molecule has 0 radical (unpaired) electrons. The summed E-state index contributed by atoms with van der Waals surface area (Å²) < 4.78 is 0. The number of hydrogen-bond acceptors (Lipinski definition) is 6. The number of hydrazine groups is 1. The number of amides is 1. The van der Waals surface area contributed by atoms with Crippen LogP contribution in [-0.4, -0.2) is 29.0 Å². The van der Waals surface area contributed by atoms with Gasteiger partial charge in [0.05, 0.1) is 0 Å². The lowest BCUT2D eigenvalue weighted by Gasteiger charge is -2.28. The van der Waals surface area contributed by atoms with Crippen molar-refractivity contribution in [2.45, 2.75) is 27.7 Å². The van der Waals surface area contributed by atoms with E-state index in [4.69, 9.17) is 5.73 Å². The van der Waals surface area contributed by atoms with Crippen molar-refractivity contribution in [1.82, 2.24) is 15.4 Å². The molecule has 0 saturated carbocycles. The Kier molecular flexibility index (Phi) is 6.77. The highest BCUT2D eigenvalue weighted by atomic mass is 16.2. The Morgan fingerprint density at radius 2 is 1.69 bits per heavy atom. The topological polar surface area (TPSA) is 96.2 Å². The Morgan fingerprint density at radius 1 is 1.08 bits per heavy atom. The molecule has 0 aliphatic rings. The van der Waals surface area contributed by atoms with Crippen molar-refractivity contribution < 1.29 is 4.79 Å². The second-order valence-electron chi connectivity index (χ2n) is 7.10. The van der Waals surface area contributed by atoms with Crippen LogP contribution in [0.25, 0.3) is 0 Å². The van der Waals surface area contributed by atoms with Crippen LogP contribution in [0.2, 0.25) is 0 Å². The van der Waals surface area contributed by atoms with Gasteiger partial charge in [-0.3, -0.25) is 15.6 Å². The normalized spacial score (nSPS) is 10.8. The summed E-state index contributed by atoms with van der Waals surface area (Å²) in [6, 6.07) is 8.94. The zero-order chi connectivity index (χ0) is 19.1. The summed E-state index contributed by atoms with van der Waals surface area (Å²) in [5.74, 6) is 1.75. The van der Waals surface area contributed by atoms with Crippen molar-refractivity contribution in [3.05, 3.63) is 42.2 Å². The van der Waals surface area contributed by atoms with Crippen LogP contribution < -0.4 is 21.5 Å². The number of benzene rings is 1.